The Bertz CT molecular complexity index is 920. The maximum absolute atomic E-state index is 12.8. The molecule has 1 aliphatic heterocycles. The zero-order valence-corrected chi connectivity index (χ0v) is 20.4. The van der Waals surface area contributed by atoms with Gasteiger partial charge in [-0.05, 0) is 49.3 Å². The Kier molecular flexibility index (Phi) is 6.27. The van der Waals surface area contributed by atoms with E-state index >= 15 is 0 Å². The first-order chi connectivity index (χ1) is 14.7. The zero-order valence-electron chi connectivity index (χ0n) is 17.3. The second-order valence-electron chi connectivity index (χ2n) is 8.54. The van der Waals surface area contributed by atoms with Gasteiger partial charge in [-0.1, -0.05) is 44.0 Å². The first-order valence-electron chi connectivity index (χ1n) is 10.4. The summed E-state index contributed by atoms with van der Waals surface area (Å²) < 4.78 is 5.04. The Labute approximate surface area is 197 Å². The van der Waals surface area contributed by atoms with Crippen molar-refractivity contribution in [2.75, 3.05) is 18.5 Å². The van der Waals surface area contributed by atoms with Crippen LogP contribution in [0.15, 0.2) is 18.2 Å². The number of likely N-dealkylation sites (tertiary alicyclic amines) is 1. The van der Waals surface area contributed by atoms with E-state index < -0.39 is 18.5 Å². The number of carbonyl (C=O) groups excluding carboxylic acids is 4. The molecule has 3 fully saturated rings. The highest BCUT2D eigenvalue weighted by Crippen LogP contribution is 2.60. The number of esters is 1. The maximum Gasteiger partial charge on any atom is 0.308 e. The molecule has 31 heavy (non-hydrogen) atoms. The summed E-state index contributed by atoms with van der Waals surface area (Å²) >= 11 is 7.30. The van der Waals surface area contributed by atoms with E-state index in [-0.39, 0.29) is 58.1 Å². The number of imide groups is 1. The van der Waals surface area contributed by atoms with Gasteiger partial charge in [0.1, 0.15) is 0 Å². The van der Waals surface area contributed by atoms with Crippen molar-refractivity contribution in [1.82, 2.24) is 4.90 Å². The van der Waals surface area contributed by atoms with Gasteiger partial charge in [-0.3, -0.25) is 24.1 Å². The van der Waals surface area contributed by atoms with Crippen LogP contribution in [-0.2, 0) is 23.9 Å². The van der Waals surface area contributed by atoms with Crippen LogP contribution in [-0.4, -0.2) is 51.4 Å². The van der Waals surface area contributed by atoms with Crippen LogP contribution in [0.5, 0.6) is 0 Å². The smallest absolute Gasteiger partial charge is 0.308 e. The number of amides is 3. The van der Waals surface area contributed by atoms with Gasteiger partial charge in [-0.25, -0.2) is 0 Å². The van der Waals surface area contributed by atoms with Crippen molar-refractivity contribution in [3.8, 4) is 0 Å². The van der Waals surface area contributed by atoms with E-state index in [1.54, 1.807) is 6.07 Å². The molecule has 0 aromatic heterocycles. The van der Waals surface area contributed by atoms with Gasteiger partial charge in [0, 0.05) is 21.9 Å². The number of alkyl halides is 2. The largest absolute Gasteiger partial charge is 0.456 e. The summed E-state index contributed by atoms with van der Waals surface area (Å²) in [5, 5.41) is 2.73. The monoisotopic (exact) mass is 554 g/mol. The van der Waals surface area contributed by atoms with Crippen molar-refractivity contribution in [3.63, 3.8) is 0 Å². The van der Waals surface area contributed by atoms with Gasteiger partial charge < -0.3 is 10.1 Å². The lowest BCUT2D eigenvalue weighted by molar-refractivity contribution is -0.149. The lowest BCUT2D eigenvalue weighted by Crippen LogP contribution is -2.37. The fraction of sp³-hybridized carbons (Fsp3) is 0.545. The van der Waals surface area contributed by atoms with E-state index in [2.05, 4.69) is 37.2 Å². The average molecular weight is 556 g/mol. The van der Waals surface area contributed by atoms with Gasteiger partial charge in [0.05, 0.1) is 18.3 Å². The molecule has 0 unspecified atom stereocenters. The van der Waals surface area contributed by atoms with Crippen LogP contribution in [0.25, 0.3) is 0 Å². The molecule has 1 heterocycles. The number of nitrogens with zero attached hydrogens (tertiary/aromatic N) is 1. The highest BCUT2D eigenvalue weighted by atomic mass is 79.9. The minimum Gasteiger partial charge on any atom is -0.456 e. The Morgan fingerprint density at radius 1 is 1.10 bits per heavy atom. The Hall–Kier alpha value is -1.74. The first-order valence-corrected chi connectivity index (χ1v) is 12.2. The van der Waals surface area contributed by atoms with E-state index in [1.807, 2.05) is 26.0 Å². The minimum atomic E-state index is -0.617. The molecule has 3 aliphatic rings. The van der Waals surface area contributed by atoms with E-state index in [1.165, 1.54) is 4.90 Å². The van der Waals surface area contributed by atoms with Crippen LogP contribution >= 0.6 is 31.9 Å². The third-order valence-corrected chi connectivity index (χ3v) is 10.1. The third-order valence-electron chi connectivity index (χ3n) is 6.86. The first kappa shape index (κ1) is 22.5. The number of aryl methyl sites for hydroxylation is 1. The molecule has 2 aliphatic carbocycles. The topological polar surface area (TPSA) is 92.8 Å². The lowest BCUT2D eigenvalue weighted by atomic mass is 9.81. The molecule has 6 atom stereocenters. The normalized spacial score (nSPS) is 31.2. The molecule has 1 N–H and O–H groups in total. The van der Waals surface area contributed by atoms with E-state index in [4.69, 9.17) is 4.74 Å². The second-order valence-corrected chi connectivity index (χ2v) is 10.7. The Morgan fingerprint density at radius 3 is 2.32 bits per heavy atom. The number of hydrogen-bond acceptors (Lipinski definition) is 5. The van der Waals surface area contributed by atoms with Crippen molar-refractivity contribution in [1.29, 1.82) is 0 Å². The summed E-state index contributed by atoms with van der Waals surface area (Å²) in [6, 6.07) is 5.57. The van der Waals surface area contributed by atoms with Crippen LogP contribution in [0.2, 0.25) is 0 Å². The molecule has 1 aromatic rings. The number of nitrogens with one attached hydrogen (secondary N) is 1. The van der Waals surface area contributed by atoms with Gasteiger partial charge in [0.2, 0.25) is 11.8 Å². The van der Waals surface area contributed by atoms with Gasteiger partial charge in [0.15, 0.2) is 6.61 Å². The SMILES string of the molecule is Cc1cccc(NC(=O)COC(=O)CCN2C(=O)[C@@H]3[C@H]4C[C@@H]([C@@H](Br)[C@H]4Br)[C@H]3C2=O)c1C. The standard InChI is InChI=1S/C22H24Br2N2O5/c1-10-4-3-5-14(11(10)2)25-15(27)9-31-16(28)6-7-26-21(29)17-12-8-13(18(17)22(26)30)20(24)19(12)23/h3-5,12-13,17-20H,6-9H2,1-2H3,(H,25,27)/t12-,13-,17-,18-,19-,20+/m1/s1. The fourth-order valence-corrected chi connectivity index (χ4v) is 7.00. The number of anilines is 1. The van der Waals surface area contributed by atoms with Crippen LogP contribution in [0.3, 0.4) is 0 Å². The zero-order chi connectivity index (χ0) is 22.4. The summed E-state index contributed by atoms with van der Waals surface area (Å²) in [6.07, 6.45) is 0.739. The van der Waals surface area contributed by atoms with Gasteiger partial charge in [-0.15, -0.1) is 0 Å². The summed E-state index contributed by atoms with van der Waals surface area (Å²) in [5.41, 5.74) is 2.67. The fourth-order valence-electron chi connectivity index (χ4n) is 5.13. The highest BCUT2D eigenvalue weighted by Gasteiger charge is 2.66. The van der Waals surface area contributed by atoms with Gasteiger partial charge in [-0.2, -0.15) is 0 Å². The molecular weight excluding hydrogens is 532 g/mol. The van der Waals surface area contributed by atoms with E-state index in [0.717, 1.165) is 17.5 Å². The molecule has 4 rings (SSSR count). The predicted octanol–water partition coefficient (Wildman–Crippen LogP) is 2.95. The van der Waals surface area contributed by atoms with Crippen LogP contribution < -0.4 is 5.32 Å². The molecule has 2 saturated carbocycles. The molecule has 0 radical (unpaired) electrons. The van der Waals surface area contributed by atoms with Crippen LogP contribution in [0.4, 0.5) is 5.69 Å². The molecule has 9 heteroatoms. The Morgan fingerprint density at radius 2 is 1.71 bits per heavy atom. The quantitative estimate of drug-likeness (QED) is 0.331. The van der Waals surface area contributed by atoms with Crippen molar-refractivity contribution in [2.24, 2.45) is 23.7 Å². The number of rotatable bonds is 6. The van der Waals surface area contributed by atoms with Crippen molar-refractivity contribution >= 4 is 61.2 Å². The summed E-state index contributed by atoms with van der Waals surface area (Å²) in [4.78, 5) is 51.4. The van der Waals surface area contributed by atoms with Crippen molar-refractivity contribution in [3.05, 3.63) is 29.3 Å². The Balaban J connectivity index is 1.27. The van der Waals surface area contributed by atoms with E-state index in [9.17, 15) is 19.2 Å². The number of carbonyl (C=O) groups is 4. The molecule has 7 nitrogen and oxygen atoms in total. The van der Waals surface area contributed by atoms with Crippen molar-refractivity contribution in [2.45, 2.75) is 36.3 Å². The number of hydrogen-bond donors (Lipinski definition) is 1. The number of benzene rings is 1. The third kappa shape index (κ3) is 3.95. The summed E-state index contributed by atoms with van der Waals surface area (Å²) in [7, 11) is 0. The maximum atomic E-state index is 12.8. The summed E-state index contributed by atoms with van der Waals surface area (Å²) in [6.45, 7) is 3.42. The van der Waals surface area contributed by atoms with Crippen molar-refractivity contribution < 1.29 is 23.9 Å². The predicted molar refractivity (Wildman–Crippen MR) is 121 cm³/mol. The average Bonchev–Trinajstić information content (AvgIpc) is 3.33. The number of fused-ring (bicyclic) bond motifs is 5. The molecule has 2 bridgehead atoms. The molecule has 1 aromatic carbocycles. The van der Waals surface area contributed by atoms with E-state index in [0.29, 0.717) is 5.69 Å². The molecule has 166 valence electrons. The lowest BCUT2D eigenvalue weighted by Gasteiger charge is -2.28. The molecular formula is C22H24Br2N2O5. The number of ether oxygens (including phenoxy) is 1. The van der Waals surface area contributed by atoms with Gasteiger partial charge in [0.25, 0.3) is 5.91 Å². The molecule has 0 spiro atoms. The summed E-state index contributed by atoms with van der Waals surface area (Å²) in [5.74, 6) is -1.74. The number of halogens is 2. The molecule has 3 amide bonds. The molecule has 1 saturated heterocycles. The second kappa shape index (κ2) is 8.65. The van der Waals surface area contributed by atoms with Crippen LogP contribution in [0.1, 0.15) is 24.0 Å². The minimum absolute atomic E-state index is 0.0124. The van der Waals surface area contributed by atoms with Crippen LogP contribution in [0, 0.1) is 37.5 Å². The van der Waals surface area contributed by atoms with Gasteiger partial charge >= 0.3 is 5.97 Å². The highest BCUT2D eigenvalue weighted by molar-refractivity contribution is 9.12.